The molecule has 0 aliphatic carbocycles. The van der Waals surface area contributed by atoms with E-state index in [4.69, 9.17) is 0 Å². The minimum atomic E-state index is -0.201. The number of thiol groups is 1. The van der Waals surface area contributed by atoms with Crippen LogP contribution in [-0.4, -0.2) is 31.8 Å². The van der Waals surface area contributed by atoms with Crippen molar-refractivity contribution >= 4 is 24.5 Å². The minimum Gasteiger partial charge on any atom is -0.348 e. The van der Waals surface area contributed by atoms with Gasteiger partial charge in [-0.05, 0) is 38.9 Å². The second kappa shape index (κ2) is 7.18. The molecule has 0 unspecified atom stereocenters. The van der Waals surface area contributed by atoms with Gasteiger partial charge in [0.1, 0.15) is 5.71 Å². The molecule has 1 aromatic rings. The molecule has 18 heavy (non-hydrogen) atoms. The van der Waals surface area contributed by atoms with Gasteiger partial charge in [-0.2, -0.15) is 0 Å². The second-order valence-electron chi connectivity index (χ2n) is 4.04. The zero-order valence-corrected chi connectivity index (χ0v) is 11.8. The molecule has 4 nitrogen and oxygen atoms in total. The van der Waals surface area contributed by atoms with Crippen molar-refractivity contribution in [2.45, 2.75) is 13.8 Å². The number of hydrogen-bond donors (Lipinski definition) is 2. The maximum absolute atomic E-state index is 11.9. The average molecular weight is 266 g/mol. The van der Waals surface area contributed by atoms with Crippen molar-refractivity contribution < 1.29 is 8.98 Å². The van der Waals surface area contributed by atoms with Gasteiger partial charge in [0, 0.05) is 19.2 Å². The smallest absolute Gasteiger partial charge is 0.270 e. The van der Waals surface area contributed by atoms with Gasteiger partial charge in [0.2, 0.25) is 0 Å². The fourth-order valence-electron chi connectivity index (χ4n) is 1.77. The highest BCUT2D eigenvalue weighted by Crippen LogP contribution is 2.10. The second-order valence-corrected chi connectivity index (χ2v) is 4.30. The highest BCUT2D eigenvalue weighted by atomic mass is 32.1. The Morgan fingerprint density at radius 1 is 1.33 bits per heavy atom. The Kier molecular flexibility index (Phi) is 5.88. The van der Waals surface area contributed by atoms with E-state index in [9.17, 15) is 4.79 Å². The third kappa shape index (κ3) is 4.16. The van der Waals surface area contributed by atoms with E-state index in [0.29, 0.717) is 18.9 Å². The van der Waals surface area contributed by atoms with Crippen LogP contribution in [-0.2, 0) is 8.98 Å². The first kappa shape index (κ1) is 14.7. The van der Waals surface area contributed by atoms with Gasteiger partial charge in [-0.25, -0.2) is 0 Å². The number of amides is 1. The lowest BCUT2D eigenvalue weighted by Gasteiger charge is -2.09. The first-order valence-electron chi connectivity index (χ1n) is 5.68. The first-order chi connectivity index (χ1) is 8.58. The normalized spacial score (nSPS) is 11.4. The number of benzene rings is 1. The van der Waals surface area contributed by atoms with Crippen LogP contribution in [0.3, 0.4) is 0 Å². The number of nitrogens with zero attached hydrogens (tertiary/aromatic N) is 1. The van der Waals surface area contributed by atoms with Crippen LogP contribution in [0, 0.1) is 13.8 Å². The summed E-state index contributed by atoms with van der Waals surface area (Å²) in [4.78, 5) is 16.0. The molecule has 5 heteroatoms. The molecule has 0 fully saturated rings. The van der Waals surface area contributed by atoms with Gasteiger partial charge in [0.15, 0.2) is 0 Å². The summed E-state index contributed by atoms with van der Waals surface area (Å²) in [6.07, 6.45) is 0. The van der Waals surface area contributed by atoms with Gasteiger partial charge in [-0.1, -0.05) is 17.2 Å². The average Bonchev–Trinajstić information content (AvgIpc) is 2.29. The third-order valence-electron chi connectivity index (χ3n) is 2.41. The maximum atomic E-state index is 11.9. The molecule has 0 radical (unpaired) electrons. The molecule has 1 rings (SSSR count). The van der Waals surface area contributed by atoms with Crippen LogP contribution in [0.15, 0.2) is 23.2 Å². The molecule has 98 valence electrons. The summed E-state index contributed by atoms with van der Waals surface area (Å²) in [6.45, 7) is 4.76. The lowest BCUT2D eigenvalue weighted by atomic mass is 10.0. The Morgan fingerprint density at radius 3 is 2.44 bits per heavy atom. The minimum absolute atomic E-state index is 0.201. The molecule has 1 aromatic carbocycles. The van der Waals surface area contributed by atoms with Gasteiger partial charge >= 0.3 is 0 Å². The fraction of sp³-hybridized carbons (Fsp3) is 0.385. The van der Waals surface area contributed by atoms with E-state index in [2.05, 4.69) is 33.5 Å². The summed E-state index contributed by atoms with van der Waals surface area (Å²) in [7, 11) is 1.61. The summed E-state index contributed by atoms with van der Waals surface area (Å²) >= 11 is 3.61. The van der Waals surface area contributed by atoms with E-state index >= 15 is 0 Å². The first-order valence-corrected chi connectivity index (χ1v) is 6.05. The highest BCUT2D eigenvalue weighted by molar-refractivity contribution is 7.75. The molecule has 0 bridgehead atoms. The maximum Gasteiger partial charge on any atom is 0.270 e. The molecule has 0 aromatic heterocycles. The summed E-state index contributed by atoms with van der Waals surface area (Å²) in [6, 6.07) is 5.96. The van der Waals surface area contributed by atoms with Crippen LogP contribution < -0.4 is 5.32 Å². The highest BCUT2D eigenvalue weighted by Gasteiger charge is 2.13. The SMILES string of the molecule is C/N=C(\C(=O)NCCOS)c1cc(C)cc(C)c1. The van der Waals surface area contributed by atoms with E-state index in [1.54, 1.807) is 7.05 Å². The number of aliphatic imine (C=N–C) groups is 1. The van der Waals surface area contributed by atoms with Crippen molar-refractivity contribution in [2.24, 2.45) is 4.99 Å². The molecule has 0 aliphatic heterocycles. The third-order valence-corrected chi connectivity index (χ3v) is 2.60. The van der Waals surface area contributed by atoms with Crippen molar-refractivity contribution in [3.05, 3.63) is 34.9 Å². The van der Waals surface area contributed by atoms with E-state index in [1.165, 1.54) is 0 Å². The fourth-order valence-corrected chi connectivity index (χ4v) is 1.86. The molecule has 0 aliphatic rings. The Balaban J connectivity index is 2.86. The molecule has 0 saturated heterocycles. The van der Waals surface area contributed by atoms with Crippen molar-refractivity contribution in [1.82, 2.24) is 5.32 Å². The topological polar surface area (TPSA) is 50.7 Å². The van der Waals surface area contributed by atoms with Gasteiger partial charge in [0.05, 0.1) is 6.61 Å². The molecule has 0 atom stereocenters. The van der Waals surface area contributed by atoms with Crippen LogP contribution in [0.4, 0.5) is 0 Å². The summed E-state index contributed by atoms with van der Waals surface area (Å²) in [5, 5.41) is 2.73. The largest absolute Gasteiger partial charge is 0.348 e. The van der Waals surface area contributed by atoms with Gasteiger partial charge in [-0.15, -0.1) is 0 Å². The predicted molar refractivity (Wildman–Crippen MR) is 76.3 cm³/mol. The molecular formula is C13H18N2O2S. The zero-order valence-electron chi connectivity index (χ0n) is 10.9. The van der Waals surface area contributed by atoms with Crippen LogP contribution in [0.5, 0.6) is 0 Å². The number of aryl methyl sites for hydroxylation is 2. The molecule has 1 amide bonds. The van der Waals surface area contributed by atoms with Crippen LogP contribution in [0.2, 0.25) is 0 Å². The van der Waals surface area contributed by atoms with Gasteiger partial charge in [-0.3, -0.25) is 9.79 Å². The van der Waals surface area contributed by atoms with Gasteiger partial charge < -0.3 is 9.50 Å². The van der Waals surface area contributed by atoms with Crippen LogP contribution in [0.1, 0.15) is 16.7 Å². The Morgan fingerprint density at radius 2 is 1.94 bits per heavy atom. The van der Waals surface area contributed by atoms with Crippen LogP contribution >= 0.6 is 12.9 Å². The van der Waals surface area contributed by atoms with Crippen molar-refractivity contribution in [1.29, 1.82) is 0 Å². The number of carbonyl (C=O) groups is 1. The summed E-state index contributed by atoms with van der Waals surface area (Å²) in [5.74, 6) is -0.201. The summed E-state index contributed by atoms with van der Waals surface area (Å²) < 4.78 is 4.59. The van der Waals surface area contributed by atoms with E-state index in [0.717, 1.165) is 16.7 Å². The molecule has 1 N–H and O–H groups in total. The Labute approximate surface area is 113 Å². The van der Waals surface area contributed by atoms with E-state index in [-0.39, 0.29) is 5.91 Å². The lowest BCUT2D eigenvalue weighted by molar-refractivity contribution is -0.114. The molecule has 0 heterocycles. The lowest BCUT2D eigenvalue weighted by Crippen LogP contribution is -2.33. The standard InChI is InChI=1S/C13H18N2O2S/c1-9-6-10(2)8-11(7-9)12(14-3)13(16)15-4-5-17-18/h6-8,18H,4-5H2,1-3H3,(H,15,16)/b14-12-. The summed E-state index contributed by atoms with van der Waals surface area (Å²) in [5.41, 5.74) is 3.48. The van der Waals surface area contributed by atoms with Crippen molar-refractivity contribution in [2.75, 3.05) is 20.2 Å². The monoisotopic (exact) mass is 266 g/mol. The Hall–Kier alpha value is -1.33. The Bertz CT molecular complexity index is 438. The number of nitrogens with one attached hydrogen (secondary N) is 1. The predicted octanol–water partition coefficient (Wildman–Crippen LogP) is 1.70. The van der Waals surface area contributed by atoms with Crippen molar-refractivity contribution in [3.8, 4) is 0 Å². The quantitative estimate of drug-likeness (QED) is 0.369. The van der Waals surface area contributed by atoms with Gasteiger partial charge in [0.25, 0.3) is 5.91 Å². The molecule has 0 saturated carbocycles. The molecule has 0 spiro atoms. The van der Waals surface area contributed by atoms with Crippen molar-refractivity contribution in [3.63, 3.8) is 0 Å². The number of carbonyl (C=O) groups excluding carboxylic acids is 1. The van der Waals surface area contributed by atoms with E-state index < -0.39 is 0 Å². The zero-order chi connectivity index (χ0) is 13.5. The molecular weight excluding hydrogens is 248 g/mol. The van der Waals surface area contributed by atoms with Crippen LogP contribution in [0.25, 0.3) is 0 Å². The van der Waals surface area contributed by atoms with E-state index in [1.807, 2.05) is 26.0 Å². The number of rotatable bonds is 5. The number of hydrogen-bond acceptors (Lipinski definition) is 4.